The Balaban J connectivity index is 2.50. The van der Waals surface area contributed by atoms with Gasteiger partial charge in [-0.15, -0.1) is 0 Å². The summed E-state index contributed by atoms with van der Waals surface area (Å²) in [5.74, 6) is 1.19. The average Bonchev–Trinajstić information content (AvgIpc) is 2.34. The number of nitrogens with zero attached hydrogens (tertiary/aromatic N) is 1. The van der Waals surface area contributed by atoms with Crippen LogP contribution in [0, 0.1) is 0 Å². The molecule has 0 radical (unpaired) electrons. The van der Waals surface area contributed by atoms with Crippen molar-refractivity contribution in [1.29, 1.82) is 0 Å². The van der Waals surface area contributed by atoms with E-state index in [0.717, 1.165) is 11.1 Å². The van der Waals surface area contributed by atoms with Crippen LogP contribution in [0.1, 0.15) is 17.4 Å². The van der Waals surface area contributed by atoms with Gasteiger partial charge >= 0.3 is 0 Å². The van der Waals surface area contributed by atoms with Crippen molar-refractivity contribution in [3.63, 3.8) is 0 Å². The summed E-state index contributed by atoms with van der Waals surface area (Å²) < 4.78 is 10.4. The molecule has 1 aromatic carbocycles. The molecule has 0 fully saturated rings. The molecule has 5 heteroatoms. The Morgan fingerprint density at radius 3 is 2.35 bits per heavy atom. The normalized spacial score (nSPS) is 24.3. The van der Waals surface area contributed by atoms with Gasteiger partial charge in [0.15, 0.2) is 11.5 Å². The molecule has 0 unspecified atom stereocenters. The monoisotopic (exact) mass is 239 g/mol. The predicted octanol–water partition coefficient (Wildman–Crippen LogP) is 0.501. The lowest BCUT2D eigenvalue weighted by molar-refractivity contribution is -0.0973. The zero-order valence-electron chi connectivity index (χ0n) is 10.2. The Labute approximate surface area is 100 Å². The first-order valence-electron chi connectivity index (χ1n) is 5.41. The molecule has 94 valence electrons. The molecule has 17 heavy (non-hydrogen) atoms. The molecule has 0 aromatic heterocycles. The maximum atomic E-state index is 10.1. The van der Waals surface area contributed by atoms with Crippen LogP contribution in [0.25, 0.3) is 0 Å². The van der Waals surface area contributed by atoms with Crippen LogP contribution >= 0.6 is 0 Å². The van der Waals surface area contributed by atoms with Gasteiger partial charge in [-0.3, -0.25) is 4.90 Å². The van der Waals surface area contributed by atoms with Crippen LogP contribution in [-0.4, -0.2) is 42.6 Å². The Morgan fingerprint density at radius 1 is 1.18 bits per heavy atom. The summed E-state index contributed by atoms with van der Waals surface area (Å²) in [4.78, 5) is 1.51. The van der Waals surface area contributed by atoms with Gasteiger partial charge in [0.1, 0.15) is 12.5 Å². The zero-order valence-corrected chi connectivity index (χ0v) is 10.2. The molecule has 0 amide bonds. The average molecular weight is 239 g/mol. The van der Waals surface area contributed by atoms with Gasteiger partial charge in [-0.25, -0.2) is 0 Å². The third kappa shape index (κ3) is 1.97. The number of aliphatic hydroxyl groups excluding tert-OH is 2. The fraction of sp³-hybridized carbons (Fsp3) is 0.500. The maximum Gasteiger partial charge on any atom is 0.161 e. The Morgan fingerprint density at radius 2 is 1.76 bits per heavy atom. The van der Waals surface area contributed by atoms with Gasteiger partial charge in [0.2, 0.25) is 0 Å². The topological polar surface area (TPSA) is 62.2 Å². The quantitative estimate of drug-likeness (QED) is 0.787. The Kier molecular flexibility index (Phi) is 3.24. The largest absolute Gasteiger partial charge is 0.493 e. The number of rotatable bonds is 2. The van der Waals surface area contributed by atoms with E-state index in [2.05, 4.69) is 0 Å². The maximum absolute atomic E-state index is 10.1. The number of benzene rings is 1. The molecule has 2 atom stereocenters. The van der Waals surface area contributed by atoms with Gasteiger partial charge in [-0.1, -0.05) is 0 Å². The van der Waals surface area contributed by atoms with Crippen molar-refractivity contribution in [2.24, 2.45) is 0 Å². The number of methoxy groups -OCH3 is 2. The van der Waals surface area contributed by atoms with Crippen molar-refractivity contribution >= 4 is 0 Å². The second-order valence-electron chi connectivity index (χ2n) is 4.13. The van der Waals surface area contributed by atoms with Gasteiger partial charge in [-0.05, 0) is 24.7 Å². The molecule has 2 rings (SSSR count). The number of aliphatic hydroxyl groups is 2. The first kappa shape index (κ1) is 12.2. The summed E-state index contributed by atoms with van der Waals surface area (Å²) in [6.45, 7) is 0. The van der Waals surface area contributed by atoms with Crippen LogP contribution < -0.4 is 9.47 Å². The molecular weight excluding hydrogens is 222 g/mol. The molecule has 0 aliphatic carbocycles. The summed E-state index contributed by atoms with van der Waals surface area (Å²) in [6.07, 6.45) is -1.05. The van der Waals surface area contributed by atoms with Crippen molar-refractivity contribution in [2.75, 3.05) is 21.3 Å². The zero-order chi connectivity index (χ0) is 12.6. The van der Waals surface area contributed by atoms with Crippen molar-refractivity contribution in [2.45, 2.75) is 18.9 Å². The van der Waals surface area contributed by atoms with Crippen LogP contribution in [0.4, 0.5) is 0 Å². The summed E-state index contributed by atoms with van der Waals surface area (Å²) in [6, 6.07) is 3.55. The minimum atomic E-state index is -0.825. The van der Waals surface area contributed by atoms with E-state index in [9.17, 15) is 10.2 Å². The molecule has 0 bridgehead atoms. The Bertz CT molecular complexity index is 421. The molecule has 5 nitrogen and oxygen atoms in total. The molecule has 1 aliphatic heterocycles. The second-order valence-corrected chi connectivity index (χ2v) is 4.13. The van der Waals surface area contributed by atoms with Crippen LogP contribution in [0.3, 0.4) is 0 Å². The van der Waals surface area contributed by atoms with E-state index in [4.69, 9.17) is 9.47 Å². The molecule has 0 spiro atoms. The number of likely N-dealkylation sites (N-methyl/N-ethyl adjacent to an activating group) is 1. The second kappa shape index (κ2) is 4.52. The van der Waals surface area contributed by atoms with Gasteiger partial charge < -0.3 is 19.7 Å². The highest BCUT2D eigenvalue weighted by Gasteiger charge is 2.30. The first-order valence-corrected chi connectivity index (χ1v) is 5.41. The molecule has 1 aliphatic rings. The van der Waals surface area contributed by atoms with Crippen LogP contribution in [0.15, 0.2) is 12.1 Å². The lowest BCUT2D eigenvalue weighted by Gasteiger charge is -2.35. The number of hydrogen-bond acceptors (Lipinski definition) is 5. The van der Waals surface area contributed by atoms with Crippen molar-refractivity contribution in [3.05, 3.63) is 23.3 Å². The van der Waals surface area contributed by atoms with E-state index in [-0.39, 0.29) is 0 Å². The number of fused-ring (bicyclic) bond motifs is 1. The third-order valence-corrected chi connectivity index (χ3v) is 3.18. The lowest BCUT2D eigenvalue weighted by atomic mass is 9.96. The highest BCUT2D eigenvalue weighted by Crippen LogP contribution is 2.37. The summed E-state index contributed by atoms with van der Waals surface area (Å²) in [5, 5.41) is 19.8. The highest BCUT2D eigenvalue weighted by atomic mass is 16.5. The van der Waals surface area contributed by atoms with Crippen LogP contribution in [-0.2, 0) is 6.42 Å². The smallest absolute Gasteiger partial charge is 0.161 e. The summed E-state index contributed by atoms with van der Waals surface area (Å²) in [5.41, 5.74) is 1.62. The van der Waals surface area contributed by atoms with Gasteiger partial charge in [-0.2, -0.15) is 0 Å². The predicted molar refractivity (Wildman–Crippen MR) is 62.0 cm³/mol. The SMILES string of the molecule is COc1cc2c(cc1OC)[C@@H](O)N(C)[C@@H](O)C2. The van der Waals surface area contributed by atoms with Crippen LogP contribution in [0.2, 0.25) is 0 Å². The molecule has 2 N–H and O–H groups in total. The minimum absolute atomic E-state index is 0.462. The van der Waals surface area contributed by atoms with Gasteiger partial charge in [0.05, 0.1) is 14.2 Å². The van der Waals surface area contributed by atoms with E-state index in [1.165, 1.54) is 4.90 Å². The number of ether oxygens (including phenoxy) is 2. The summed E-state index contributed by atoms with van der Waals surface area (Å²) in [7, 11) is 4.79. The minimum Gasteiger partial charge on any atom is -0.493 e. The van der Waals surface area contributed by atoms with Gasteiger partial charge in [0, 0.05) is 12.0 Å². The third-order valence-electron chi connectivity index (χ3n) is 3.18. The fourth-order valence-electron chi connectivity index (χ4n) is 2.08. The van der Waals surface area contributed by atoms with E-state index in [1.54, 1.807) is 33.4 Å². The fourth-order valence-corrected chi connectivity index (χ4v) is 2.08. The van der Waals surface area contributed by atoms with Gasteiger partial charge in [0.25, 0.3) is 0 Å². The molecule has 1 aromatic rings. The first-order chi connectivity index (χ1) is 8.08. The Hall–Kier alpha value is -1.30. The van der Waals surface area contributed by atoms with E-state index in [1.807, 2.05) is 0 Å². The van der Waals surface area contributed by atoms with E-state index in [0.29, 0.717) is 17.9 Å². The van der Waals surface area contributed by atoms with E-state index < -0.39 is 12.5 Å². The van der Waals surface area contributed by atoms with Crippen LogP contribution in [0.5, 0.6) is 11.5 Å². The lowest BCUT2D eigenvalue weighted by Crippen LogP contribution is -2.40. The molecule has 0 saturated carbocycles. The standard InChI is InChI=1S/C12H17NO4/c1-13-11(14)5-7-4-9(16-2)10(17-3)6-8(7)12(13)15/h4,6,11-12,14-15H,5H2,1-3H3/t11-,12+/m0/s1. The number of hydrogen-bond donors (Lipinski definition) is 2. The molecule has 1 heterocycles. The molecular formula is C12H17NO4. The van der Waals surface area contributed by atoms with Crippen molar-refractivity contribution < 1.29 is 19.7 Å². The van der Waals surface area contributed by atoms with Crippen molar-refractivity contribution in [1.82, 2.24) is 4.90 Å². The van der Waals surface area contributed by atoms with E-state index >= 15 is 0 Å². The molecule has 0 saturated heterocycles. The highest BCUT2D eigenvalue weighted by molar-refractivity contribution is 5.49. The van der Waals surface area contributed by atoms with Crippen molar-refractivity contribution in [3.8, 4) is 11.5 Å². The summed E-state index contributed by atoms with van der Waals surface area (Å²) >= 11 is 0.